The van der Waals surface area contributed by atoms with Gasteiger partial charge in [0, 0.05) is 15.6 Å². The summed E-state index contributed by atoms with van der Waals surface area (Å²) in [6.07, 6.45) is 1.81. The lowest BCUT2D eigenvalue weighted by Crippen LogP contribution is -2.39. The Hall–Kier alpha value is -3.65. The molecule has 0 saturated heterocycles. The highest BCUT2D eigenvalue weighted by atomic mass is 35.5. The van der Waals surface area contributed by atoms with Gasteiger partial charge in [0.1, 0.15) is 12.4 Å². The summed E-state index contributed by atoms with van der Waals surface area (Å²) in [5.74, 6) is 0.191. The van der Waals surface area contributed by atoms with Crippen LogP contribution in [0.25, 0.3) is 6.08 Å². The zero-order chi connectivity index (χ0) is 27.5. The Morgan fingerprint density at radius 3 is 2.51 bits per heavy atom. The van der Waals surface area contributed by atoms with Crippen molar-refractivity contribution in [2.75, 3.05) is 6.61 Å². The van der Waals surface area contributed by atoms with Crippen LogP contribution >= 0.6 is 34.5 Å². The average molecular weight is 580 g/mol. The van der Waals surface area contributed by atoms with Gasteiger partial charge in [-0.15, -0.1) is 0 Å². The molecule has 198 valence electrons. The van der Waals surface area contributed by atoms with E-state index >= 15 is 0 Å². The van der Waals surface area contributed by atoms with Gasteiger partial charge in [-0.1, -0.05) is 83.1 Å². The SMILES string of the molecule is CCOC(=O)C1=C(C)N=c2s/c(=C\c3ccc(OCc4ccc(Cl)cc4Cl)cc3)c(=O)n2C1c1ccccc1. The van der Waals surface area contributed by atoms with Crippen molar-refractivity contribution in [3.63, 3.8) is 0 Å². The average Bonchev–Trinajstić information content (AvgIpc) is 3.22. The maximum atomic E-state index is 13.7. The van der Waals surface area contributed by atoms with Crippen molar-refractivity contribution >= 4 is 46.6 Å². The smallest absolute Gasteiger partial charge is 0.338 e. The molecule has 39 heavy (non-hydrogen) atoms. The third kappa shape index (κ3) is 5.71. The lowest BCUT2D eigenvalue weighted by atomic mass is 9.96. The summed E-state index contributed by atoms with van der Waals surface area (Å²) < 4.78 is 13.3. The summed E-state index contributed by atoms with van der Waals surface area (Å²) in [6.45, 7) is 4.06. The second-order valence-electron chi connectivity index (χ2n) is 8.81. The maximum Gasteiger partial charge on any atom is 0.338 e. The van der Waals surface area contributed by atoms with E-state index in [0.717, 1.165) is 16.7 Å². The summed E-state index contributed by atoms with van der Waals surface area (Å²) in [7, 11) is 0. The van der Waals surface area contributed by atoms with Crippen LogP contribution in [0.5, 0.6) is 5.75 Å². The molecule has 3 aromatic carbocycles. The molecule has 0 bridgehead atoms. The van der Waals surface area contributed by atoms with E-state index in [9.17, 15) is 9.59 Å². The highest BCUT2D eigenvalue weighted by molar-refractivity contribution is 7.07. The number of rotatable bonds is 7. The Balaban J connectivity index is 1.47. The van der Waals surface area contributed by atoms with Gasteiger partial charge < -0.3 is 9.47 Å². The predicted molar refractivity (Wildman–Crippen MR) is 154 cm³/mol. The molecular formula is C30H24Cl2N2O4S. The Morgan fingerprint density at radius 2 is 1.82 bits per heavy atom. The van der Waals surface area contributed by atoms with Gasteiger partial charge in [0.05, 0.1) is 28.5 Å². The molecule has 2 heterocycles. The predicted octanol–water partition coefficient (Wildman–Crippen LogP) is 5.68. The van der Waals surface area contributed by atoms with Crippen LogP contribution in [-0.4, -0.2) is 17.1 Å². The first-order chi connectivity index (χ1) is 18.9. The van der Waals surface area contributed by atoms with Gasteiger partial charge in [0.25, 0.3) is 5.56 Å². The van der Waals surface area contributed by atoms with Gasteiger partial charge in [-0.05, 0) is 55.3 Å². The molecule has 0 N–H and O–H groups in total. The molecule has 1 aliphatic heterocycles. The number of benzene rings is 3. The lowest BCUT2D eigenvalue weighted by molar-refractivity contribution is -0.139. The fraction of sp³-hybridized carbons (Fsp3) is 0.167. The van der Waals surface area contributed by atoms with E-state index in [1.807, 2.05) is 66.7 Å². The lowest BCUT2D eigenvalue weighted by Gasteiger charge is -2.24. The van der Waals surface area contributed by atoms with Gasteiger partial charge in [-0.25, -0.2) is 9.79 Å². The van der Waals surface area contributed by atoms with E-state index in [4.69, 9.17) is 32.7 Å². The van der Waals surface area contributed by atoms with Crippen molar-refractivity contribution in [3.8, 4) is 5.75 Å². The van der Waals surface area contributed by atoms with E-state index < -0.39 is 12.0 Å². The molecule has 6 nitrogen and oxygen atoms in total. The first kappa shape index (κ1) is 26.9. The molecular weight excluding hydrogens is 555 g/mol. The van der Waals surface area contributed by atoms with E-state index in [1.165, 1.54) is 11.3 Å². The highest BCUT2D eigenvalue weighted by Crippen LogP contribution is 2.30. The highest BCUT2D eigenvalue weighted by Gasteiger charge is 2.33. The zero-order valence-corrected chi connectivity index (χ0v) is 23.5. The first-order valence-electron chi connectivity index (χ1n) is 12.3. The van der Waals surface area contributed by atoms with Gasteiger partial charge in [-0.3, -0.25) is 9.36 Å². The van der Waals surface area contributed by atoms with Crippen LogP contribution in [0.2, 0.25) is 10.0 Å². The summed E-state index contributed by atoms with van der Waals surface area (Å²) in [5.41, 5.74) is 3.15. The number of nitrogens with zero attached hydrogens (tertiary/aromatic N) is 2. The zero-order valence-electron chi connectivity index (χ0n) is 21.2. The summed E-state index contributed by atoms with van der Waals surface area (Å²) >= 11 is 13.5. The number of fused-ring (bicyclic) bond motifs is 1. The van der Waals surface area contributed by atoms with Gasteiger partial charge in [-0.2, -0.15) is 0 Å². The van der Waals surface area contributed by atoms with Crippen molar-refractivity contribution in [1.29, 1.82) is 0 Å². The molecule has 1 atom stereocenters. The largest absolute Gasteiger partial charge is 0.489 e. The number of hydrogen-bond acceptors (Lipinski definition) is 6. The summed E-state index contributed by atoms with van der Waals surface area (Å²) in [4.78, 5) is 31.8. The number of hydrogen-bond donors (Lipinski definition) is 0. The molecule has 0 aliphatic carbocycles. The number of thiazole rings is 1. The van der Waals surface area contributed by atoms with Crippen molar-refractivity contribution in [3.05, 3.63) is 130 Å². The minimum absolute atomic E-state index is 0.223. The van der Waals surface area contributed by atoms with Crippen LogP contribution in [0.15, 0.2) is 93.9 Å². The van der Waals surface area contributed by atoms with Gasteiger partial charge >= 0.3 is 5.97 Å². The molecule has 0 saturated carbocycles. The Kier molecular flexibility index (Phi) is 8.02. The molecule has 4 aromatic rings. The number of allylic oxidation sites excluding steroid dienone is 1. The first-order valence-corrected chi connectivity index (χ1v) is 13.8. The number of ether oxygens (including phenoxy) is 2. The Morgan fingerprint density at radius 1 is 1.08 bits per heavy atom. The normalized spacial score (nSPS) is 15.1. The molecule has 9 heteroatoms. The molecule has 1 unspecified atom stereocenters. The van der Waals surface area contributed by atoms with Crippen LogP contribution in [-0.2, 0) is 16.1 Å². The second kappa shape index (κ2) is 11.6. The summed E-state index contributed by atoms with van der Waals surface area (Å²) in [5, 5.41) is 1.12. The molecule has 1 aromatic heterocycles. The van der Waals surface area contributed by atoms with Crippen LogP contribution in [0.3, 0.4) is 0 Å². The Labute approximate surface area is 239 Å². The van der Waals surface area contributed by atoms with Crippen molar-refractivity contribution in [1.82, 2.24) is 4.57 Å². The third-order valence-electron chi connectivity index (χ3n) is 6.22. The molecule has 0 radical (unpaired) electrons. The number of esters is 1. The molecule has 5 rings (SSSR count). The Bertz CT molecular complexity index is 1740. The van der Waals surface area contributed by atoms with Crippen molar-refractivity contribution in [2.24, 2.45) is 4.99 Å². The number of carbonyl (C=O) groups excluding carboxylic acids is 1. The fourth-order valence-corrected chi connectivity index (χ4v) is 5.86. The van der Waals surface area contributed by atoms with E-state index in [2.05, 4.69) is 4.99 Å². The quantitative estimate of drug-likeness (QED) is 0.264. The maximum absolute atomic E-state index is 13.7. The minimum Gasteiger partial charge on any atom is -0.489 e. The van der Waals surface area contributed by atoms with E-state index in [1.54, 1.807) is 30.5 Å². The molecule has 0 spiro atoms. The minimum atomic E-state index is -0.626. The van der Waals surface area contributed by atoms with Crippen LogP contribution in [0.4, 0.5) is 0 Å². The van der Waals surface area contributed by atoms with Crippen molar-refractivity contribution < 1.29 is 14.3 Å². The summed E-state index contributed by atoms with van der Waals surface area (Å²) in [6, 6.07) is 21.5. The third-order valence-corrected chi connectivity index (χ3v) is 7.79. The topological polar surface area (TPSA) is 69.9 Å². The standard InChI is InChI=1S/C30H24Cl2N2O4S/c1-3-37-29(36)26-18(2)33-30-34(27(26)20-7-5-4-6-8-20)28(35)25(39-30)15-19-9-13-23(14-10-19)38-17-21-11-12-22(31)16-24(21)32/h4-16,27H,3,17H2,1-2H3/b25-15-. The van der Waals surface area contributed by atoms with Crippen molar-refractivity contribution in [2.45, 2.75) is 26.5 Å². The number of aromatic nitrogens is 1. The molecule has 0 fully saturated rings. The number of halogens is 2. The van der Waals surface area contributed by atoms with Gasteiger partial charge in [0.2, 0.25) is 0 Å². The van der Waals surface area contributed by atoms with Gasteiger partial charge in [0.15, 0.2) is 4.80 Å². The monoisotopic (exact) mass is 578 g/mol. The fourth-order valence-electron chi connectivity index (χ4n) is 4.35. The molecule has 0 amide bonds. The number of carbonyl (C=O) groups is 1. The molecule has 1 aliphatic rings. The van der Waals surface area contributed by atoms with E-state index in [0.29, 0.717) is 43.0 Å². The van der Waals surface area contributed by atoms with Crippen LogP contribution in [0.1, 0.15) is 36.6 Å². The van der Waals surface area contributed by atoms with Crippen LogP contribution < -0.4 is 19.6 Å². The second-order valence-corrected chi connectivity index (χ2v) is 10.7. The van der Waals surface area contributed by atoms with E-state index in [-0.39, 0.29) is 12.2 Å². The van der Waals surface area contributed by atoms with Crippen LogP contribution in [0, 0.1) is 0 Å².